The van der Waals surface area contributed by atoms with Crippen molar-refractivity contribution in [3.05, 3.63) is 71.4 Å². The van der Waals surface area contributed by atoms with E-state index in [4.69, 9.17) is 0 Å². The highest BCUT2D eigenvalue weighted by molar-refractivity contribution is 5.89. The number of aromatic amines is 1. The largest absolute Gasteiger partial charge is 0.480 e. The van der Waals surface area contributed by atoms with Crippen LogP contribution in [0.15, 0.2) is 54.6 Å². The second-order valence-electron chi connectivity index (χ2n) is 6.36. The second kappa shape index (κ2) is 5.77. The van der Waals surface area contributed by atoms with Crippen LogP contribution < -0.4 is 0 Å². The van der Waals surface area contributed by atoms with Crippen molar-refractivity contribution < 1.29 is 14.7 Å². The summed E-state index contributed by atoms with van der Waals surface area (Å²) in [5.41, 5.74) is 3.74. The molecule has 1 aromatic heterocycles. The molecule has 3 aromatic rings. The van der Waals surface area contributed by atoms with Crippen LogP contribution in [-0.2, 0) is 16.0 Å². The smallest absolute Gasteiger partial charge is 0.326 e. The Kier molecular flexibility index (Phi) is 3.57. The summed E-state index contributed by atoms with van der Waals surface area (Å²) >= 11 is 0. The molecule has 25 heavy (non-hydrogen) atoms. The fraction of sp³-hybridized carbons (Fsp3) is 0.200. The third kappa shape index (κ3) is 2.39. The van der Waals surface area contributed by atoms with Crippen LogP contribution in [-0.4, -0.2) is 32.9 Å². The van der Waals surface area contributed by atoms with E-state index in [1.54, 1.807) is 0 Å². The number of carbonyl (C=O) groups excluding carboxylic acids is 1. The first-order valence-electron chi connectivity index (χ1n) is 8.24. The van der Waals surface area contributed by atoms with Crippen LogP contribution in [0.5, 0.6) is 0 Å². The fourth-order valence-electron chi connectivity index (χ4n) is 3.86. The minimum absolute atomic E-state index is 0.245. The van der Waals surface area contributed by atoms with E-state index in [1.807, 2.05) is 54.6 Å². The zero-order valence-corrected chi connectivity index (χ0v) is 13.8. The lowest BCUT2D eigenvalue weighted by molar-refractivity contribution is -0.151. The van der Waals surface area contributed by atoms with Gasteiger partial charge >= 0.3 is 5.97 Å². The molecule has 126 valence electrons. The van der Waals surface area contributed by atoms with Gasteiger partial charge in [-0.2, -0.15) is 0 Å². The lowest BCUT2D eigenvalue weighted by Crippen LogP contribution is -2.50. The first-order chi connectivity index (χ1) is 12.1. The predicted octanol–water partition coefficient (Wildman–Crippen LogP) is 3.12. The molecule has 5 heteroatoms. The Morgan fingerprint density at radius 2 is 1.76 bits per heavy atom. The predicted molar refractivity (Wildman–Crippen MR) is 94.2 cm³/mol. The van der Waals surface area contributed by atoms with Crippen molar-refractivity contribution in [2.24, 2.45) is 0 Å². The molecule has 1 aliphatic rings. The Morgan fingerprint density at radius 1 is 1.08 bits per heavy atom. The number of carboxylic acids is 1. The third-order valence-electron chi connectivity index (χ3n) is 4.90. The maximum Gasteiger partial charge on any atom is 0.326 e. The van der Waals surface area contributed by atoms with E-state index in [0.29, 0.717) is 6.42 Å². The Bertz CT molecular complexity index is 961. The molecular formula is C20H18N2O3. The van der Waals surface area contributed by atoms with Crippen LogP contribution in [0.3, 0.4) is 0 Å². The minimum Gasteiger partial charge on any atom is -0.480 e. The number of benzene rings is 2. The van der Waals surface area contributed by atoms with Crippen molar-refractivity contribution >= 4 is 22.8 Å². The first kappa shape index (κ1) is 15.4. The van der Waals surface area contributed by atoms with Crippen LogP contribution in [0.25, 0.3) is 10.9 Å². The molecule has 0 fully saturated rings. The summed E-state index contributed by atoms with van der Waals surface area (Å²) in [5, 5.41) is 10.8. The van der Waals surface area contributed by atoms with Crippen LogP contribution in [0.1, 0.15) is 29.8 Å². The van der Waals surface area contributed by atoms with E-state index in [2.05, 4.69) is 4.98 Å². The SMILES string of the molecule is CC(=O)N1[C@H](c2ccccc2)c2[nH]c3ccccc3c2C[C@@H]1C(=O)O. The summed E-state index contributed by atoms with van der Waals surface area (Å²) < 4.78 is 0. The van der Waals surface area contributed by atoms with Crippen molar-refractivity contribution in [2.75, 3.05) is 0 Å². The van der Waals surface area contributed by atoms with Gasteiger partial charge in [0.05, 0.1) is 6.04 Å². The zero-order valence-electron chi connectivity index (χ0n) is 13.8. The highest BCUT2D eigenvalue weighted by atomic mass is 16.4. The van der Waals surface area contributed by atoms with E-state index >= 15 is 0 Å². The van der Waals surface area contributed by atoms with Crippen molar-refractivity contribution in [3.8, 4) is 0 Å². The maximum absolute atomic E-state index is 12.4. The number of aliphatic carboxylic acids is 1. The molecule has 0 unspecified atom stereocenters. The standard InChI is InChI=1S/C20H18N2O3/c1-12(23)22-17(20(24)25)11-15-14-9-5-6-10-16(14)21-18(15)19(22)13-7-3-2-4-8-13/h2-10,17,19,21H,11H2,1H3,(H,24,25)/t17-,19-/m1/s1. The lowest BCUT2D eigenvalue weighted by atomic mass is 9.88. The Morgan fingerprint density at radius 3 is 2.44 bits per heavy atom. The van der Waals surface area contributed by atoms with Gasteiger partial charge in [0.1, 0.15) is 6.04 Å². The third-order valence-corrected chi connectivity index (χ3v) is 4.90. The Hall–Kier alpha value is -3.08. The molecular weight excluding hydrogens is 316 g/mol. The number of fused-ring (bicyclic) bond motifs is 3. The van der Waals surface area contributed by atoms with Gasteiger partial charge in [-0.1, -0.05) is 48.5 Å². The Balaban J connectivity index is 2.00. The number of H-pyrrole nitrogens is 1. The van der Waals surface area contributed by atoms with E-state index in [0.717, 1.165) is 27.7 Å². The van der Waals surface area contributed by atoms with Crippen LogP contribution in [0.2, 0.25) is 0 Å². The minimum atomic E-state index is -0.980. The molecule has 1 amide bonds. The molecule has 4 rings (SSSR count). The van der Waals surface area contributed by atoms with E-state index in [9.17, 15) is 14.7 Å². The van der Waals surface area contributed by atoms with Gasteiger partial charge in [-0.05, 0) is 17.2 Å². The second-order valence-corrected chi connectivity index (χ2v) is 6.36. The number of hydrogen-bond acceptors (Lipinski definition) is 2. The molecule has 0 bridgehead atoms. The molecule has 0 saturated heterocycles. The highest BCUT2D eigenvalue weighted by Gasteiger charge is 2.42. The van der Waals surface area contributed by atoms with E-state index in [1.165, 1.54) is 11.8 Å². The summed E-state index contributed by atoms with van der Waals surface area (Å²) in [6, 6.07) is 16.1. The van der Waals surface area contributed by atoms with Gasteiger partial charge < -0.3 is 15.0 Å². The zero-order chi connectivity index (χ0) is 17.6. The molecule has 0 aliphatic carbocycles. The number of rotatable bonds is 2. The summed E-state index contributed by atoms with van der Waals surface area (Å²) in [5.74, 6) is -1.22. The number of para-hydroxylation sites is 1. The topological polar surface area (TPSA) is 73.4 Å². The molecule has 5 nitrogen and oxygen atoms in total. The van der Waals surface area contributed by atoms with Crippen LogP contribution in [0, 0.1) is 0 Å². The van der Waals surface area contributed by atoms with Gasteiger partial charge in [-0.25, -0.2) is 4.79 Å². The van der Waals surface area contributed by atoms with E-state index < -0.39 is 18.1 Å². The number of aromatic nitrogens is 1. The van der Waals surface area contributed by atoms with E-state index in [-0.39, 0.29) is 5.91 Å². The van der Waals surface area contributed by atoms with Crippen LogP contribution in [0.4, 0.5) is 0 Å². The summed E-state index contributed by atoms with van der Waals surface area (Å²) in [4.78, 5) is 29.2. The first-order valence-corrected chi connectivity index (χ1v) is 8.24. The highest BCUT2D eigenvalue weighted by Crippen LogP contribution is 2.40. The number of amides is 1. The monoisotopic (exact) mass is 334 g/mol. The molecule has 0 radical (unpaired) electrons. The Labute approximate surface area is 144 Å². The average molecular weight is 334 g/mol. The molecule has 2 N–H and O–H groups in total. The summed E-state index contributed by atoms with van der Waals surface area (Å²) in [6.07, 6.45) is 0.303. The maximum atomic E-state index is 12.4. The van der Waals surface area contributed by atoms with Gasteiger partial charge in [0, 0.05) is 29.9 Å². The number of nitrogens with one attached hydrogen (secondary N) is 1. The van der Waals surface area contributed by atoms with Crippen molar-refractivity contribution in [1.29, 1.82) is 0 Å². The number of carboxylic acid groups (broad SMARTS) is 1. The number of hydrogen-bond donors (Lipinski definition) is 2. The molecule has 2 aromatic carbocycles. The normalized spacial score (nSPS) is 19.6. The summed E-state index contributed by atoms with van der Waals surface area (Å²) in [7, 11) is 0. The van der Waals surface area contributed by atoms with Gasteiger partial charge in [0.15, 0.2) is 0 Å². The molecule has 1 aliphatic heterocycles. The van der Waals surface area contributed by atoms with Gasteiger partial charge in [-0.3, -0.25) is 4.79 Å². The molecule has 2 heterocycles. The van der Waals surface area contributed by atoms with Crippen molar-refractivity contribution in [2.45, 2.75) is 25.4 Å². The van der Waals surface area contributed by atoms with Crippen molar-refractivity contribution in [3.63, 3.8) is 0 Å². The molecule has 2 atom stereocenters. The number of nitrogens with zero attached hydrogens (tertiary/aromatic N) is 1. The fourth-order valence-corrected chi connectivity index (χ4v) is 3.86. The lowest BCUT2D eigenvalue weighted by Gasteiger charge is -2.39. The van der Waals surface area contributed by atoms with Crippen molar-refractivity contribution in [1.82, 2.24) is 9.88 Å². The average Bonchev–Trinajstić information content (AvgIpc) is 2.99. The summed E-state index contributed by atoms with van der Waals surface area (Å²) in [6.45, 7) is 1.43. The van der Waals surface area contributed by atoms with Gasteiger partial charge in [0.2, 0.25) is 5.91 Å². The number of carbonyl (C=O) groups is 2. The van der Waals surface area contributed by atoms with Crippen LogP contribution >= 0.6 is 0 Å². The quantitative estimate of drug-likeness (QED) is 0.756. The van der Waals surface area contributed by atoms with Gasteiger partial charge in [-0.15, -0.1) is 0 Å². The molecule has 0 saturated carbocycles. The molecule has 0 spiro atoms. The van der Waals surface area contributed by atoms with Gasteiger partial charge in [0.25, 0.3) is 0 Å².